The molecule has 20 heavy (non-hydrogen) atoms. The molecule has 5 heteroatoms. The zero-order valence-electron chi connectivity index (χ0n) is 12.6. The van der Waals surface area contributed by atoms with E-state index in [2.05, 4.69) is 16.9 Å². The predicted octanol–water partition coefficient (Wildman–Crippen LogP) is 2.05. The van der Waals surface area contributed by atoms with Crippen molar-refractivity contribution in [3.8, 4) is 0 Å². The van der Waals surface area contributed by atoms with Crippen LogP contribution in [0.25, 0.3) is 0 Å². The number of aryl methyl sites for hydroxylation is 2. The maximum Gasteiger partial charge on any atom is 0.325 e. The molecule has 0 bridgehead atoms. The Morgan fingerprint density at radius 1 is 1.30 bits per heavy atom. The SMILES string of the molecule is CCCN(CC(=O)OC)c1nc(C)nc2c1CCCC2. The third-order valence-corrected chi connectivity index (χ3v) is 3.61. The van der Waals surface area contributed by atoms with Crippen LogP contribution in [0, 0.1) is 6.92 Å². The second-order valence-corrected chi connectivity index (χ2v) is 5.22. The minimum Gasteiger partial charge on any atom is -0.468 e. The average Bonchev–Trinajstić information content (AvgIpc) is 2.45. The van der Waals surface area contributed by atoms with Crippen molar-refractivity contribution in [1.82, 2.24) is 9.97 Å². The first kappa shape index (κ1) is 14.8. The van der Waals surface area contributed by atoms with Gasteiger partial charge in [0.1, 0.15) is 18.2 Å². The van der Waals surface area contributed by atoms with Gasteiger partial charge in [-0.25, -0.2) is 9.97 Å². The molecule has 1 aliphatic rings. The number of esters is 1. The Bertz CT molecular complexity index is 488. The van der Waals surface area contributed by atoms with E-state index in [9.17, 15) is 4.79 Å². The fourth-order valence-electron chi connectivity index (χ4n) is 2.71. The van der Waals surface area contributed by atoms with E-state index in [-0.39, 0.29) is 12.5 Å². The minimum atomic E-state index is -0.223. The average molecular weight is 277 g/mol. The Hall–Kier alpha value is -1.65. The minimum absolute atomic E-state index is 0.223. The summed E-state index contributed by atoms with van der Waals surface area (Å²) < 4.78 is 4.80. The second kappa shape index (κ2) is 6.68. The summed E-state index contributed by atoms with van der Waals surface area (Å²) in [7, 11) is 1.42. The van der Waals surface area contributed by atoms with Crippen LogP contribution in [0.4, 0.5) is 5.82 Å². The molecule has 0 unspecified atom stereocenters. The van der Waals surface area contributed by atoms with Crippen molar-refractivity contribution >= 4 is 11.8 Å². The highest BCUT2D eigenvalue weighted by molar-refractivity contribution is 5.75. The number of hydrogen-bond acceptors (Lipinski definition) is 5. The molecule has 0 atom stereocenters. The fraction of sp³-hybridized carbons (Fsp3) is 0.667. The molecule has 1 aliphatic carbocycles. The van der Waals surface area contributed by atoms with Gasteiger partial charge in [0, 0.05) is 17.8 Å². The monoisotopic (exact) mass is 277 g/mol. The number of rotatable bonds is 5. The van der Waals surface area contributed by atoms with Crippen molar-refractivity contribution < 1.29 is 9.53 Å². The first-order chi connectivity index (χ1) is 9.65. The Labute approximate surface area is 120 Å². The van der Waals surface area contributed by atoms with E-state index < -0.39 is 0 Å². The van der Waals surface area contributed by atoms with Gasteiger partial charge in [-0.3, -0.25) is 4.79 Å². The van der Waals surface area contributed by atoms with Crippen molar-refractivity contribution in [3.63, 3.8) is 0 Å². The number of fused-ring (bicyclic) bond motifs is 1. The number of hydrogen-bond donors (Lipinski definition) is 0. The van der Waals surface area contributed by atoms with E-state index in [0.717, 1.165) is 43.1 Å². The maximum absolute atomic E-state index is 11.6. The normalized spacial score (nSPS) is 13.8. The van der Waals surface area contributed by atoms with Crippen molar-refractivity contribution in [2.45, 2.75) is 46.0 Å². The van der Waals surface area contributed by atoms with E-state index in [0.29, 0.717) is 0 Å². The summed E-state index contributed by atoms with van der Waals surface area (Å²) in [5.74, 6) is 1.49. The van der Waals surface area contributed by atoms with Crippen molar-refractivity contribution in [2.24, 2.45) is 0 Å². The first-order valence-electron chi connectivity index (χ1n) is 7.33. The zero-order chi connectivity index (χ0) is 14.5. The molecule has 1 aromatic heterocycles. The predicted molar refractivity (Wildman–Crippen MR) is 77.9 cm³/mol. The van der Waals surface area contributed by atoms with Gasteiger partial charge in [0.05, 0.1) is 7.11 Å². The van der Waals surface area contributed by atoms with Gasteiger partial charge in [-0.15, -0.1) is 0 Å². The van der Waals surface area contributed by atoms with Crippen LogP contribution in [0.15, 0.2) is 0 Å². The molecule has 0 amide bonds. The van der Waals surface area contributed by atoms with Crippen LogP contribution >= 0.6 is 0 Å². The fourth-order valence-corrected chi connectivity index (χ4v) is 2.71. The van der Waals surface area contributed by atoms with E-state index in [1.807, 2.05) is 11.8 Å². The van der Waals surface area contributed by atoms with E-state index in [4.69, 9.17) is 4.74 Å². The molecule has 0 aliphatic heterocycles. The lowest BCUT2D eigenvalue weighted by Gasteiger charge is -2.27. The highest BCUT2D eigenvalue weighted by Crippen LogP contribution is 2.28. The van der Waals surface area contributed by atoms with E-state index in [1.54, 1.807) is 0 Å². The topological polar surface area (TPSA) is 55.3 Å². The second-order valence-electron chi connectivity index (χ2n) is 5.22. The number of carbonyl (C=O) groups is 1. The van der Waals surface area contributed by atoms with Gasteiger partial charge in [0.2, 0.25) is 0 Å². The highest BCUT2D eigenvalue weighted by atomic mass is 16.5. The number of ether oxygens (including phenoxy) is 1. The maximum atomic E-state index is 11.6. The van der Waals surface area contributed by atoms with Crippen LogP contribution in [-0.4, -0.2) is 36.1 Å². The van der Waals surface area contributed by atoms with Gasteiger partial charge in [0.25, 0.3) is 0 Å². The number of aromatic nitrogens is 2. The highest BCUT2D eigenvalue weighted by Gasteiger charge is 2.22. The van der Waals surface area contributed by atoms with Crippen LogP contribution in [0.2, 0.25) is 0 Å². The standard InChI is InChI=1S/C15H23N3O2/c1-4-9-18(10-14(19)20-3)15-12-7-5-6-8-13(12)16-11(2)17-15/h4-10H2,1-3H3. The first-order valence-corrected chi connectivity index (χ1v) is 7.33. The number of carbonyl (C=O) groups excluding carboxylic acids is 1. The molecule has 1 aromatic rings. The lowest BCUT2D eigenvalue weighted by molar-refractivity contribution is -0.138. The molecule has 0 spiro atoms. The Balaban J connectivity index is 2.36. The van der Waals surface area contributed by atoms with Crippen LogP contribution in [0.5, 0.6) is 0 Å². The zero-order valence-corrected chi connectivity index (χ0v) is 12.6. The summed E-state index contributed by atoms with van der Waals surface area (Å²) in [6.07, 6.45) is 5.35. The number of methoxy groups -OCH3 is 1. The molecule has 5 nitrogen and oxygen atoms in total. The van der Waals surface area contributed by atoms with Gasteiger partial charge in [-0.05, 0) is 39.0 Å². The Morgan fingerprint density at radius 3 is 2.75 bits per heavy atom. The van der Waals surface area contributed by atoms with Gasteiger partial charge in [-0.2, -0.15) is 0 Å². The molecule has 1 heterocycles. The Morgan fingerprint density at radius 2 is 2.05 bits per heavy atom. The van der Waals surface area contributed by atoms with Crippen molar-refractivity contribution in [3.05, 3.63) is 17.1 Å². The summed E-state index contributed by atoms with van der Waals surface area (Å²) in [5, 5.41) is 0. The summed E-state index contributed by atoms with van der Waals surface area (Å²) in [4.78, 5) is 22.8. The van der Waals surface area contributed by atoms with Crippen LogP contribution in [-0.2, 0) is 22.4 Å². The lowest BCUT2D eigenvalue weighted by Crippen LogP contribution is -2.33. The summed E-state index contributed by atoms with van der Waals surface area (Å²) in [6.45, 7) is 5.08. The van der Waals surface area contributed by atoms with E-state index in [1.165, 1.54) is 25.5 Å². The van der Waals surface area contributed by atoms with Gasteiger partial charge in [0.15, 0.2) is 0 Å². The molecule has 0 N–H and O–H groups in total. The summed E-state index contributed by atoms with van der Waals surface area (Å²) in [5.41, 5.74) is 2.38. The lowest BCUT2D eigenvalue weighted by atomic mass is 9.96. The van der Waals surface area contributed by atoms with Crippen LogP contribution in [0.3, 0.4) is 0 Å². The third kappa shape index (κ3) is 3.26. The smallest absolute Gasteiger partial charge is 0.325 e. The quantitative estimate of drug-likeness (QED) is 0.771. The molecule has 0 fully saturated rings. The molecule has 0 aromatic carbocycles. The largest absolute Gasteiger partial charge is 0.468 e. The number of anilines is 1. The van der Waals surface area contributed by atoms with Crippen LogP contribution in [0.1, 0.15) is 43.3 Å². The molecule has 0 saturated heterocycles. The third-order valence-electron chi connectivity index (χ3n) is 3.61. The molecule has 0 radical (unpaired) electrons. The van der Waals surface area contributed by atoms with Crippen molar-refractivity contribution in [1.29, 1.82) is 0 Å². The van der Waals surface area contributed by atoms with Gasteiger partial charge in [-0.1, -0.05) is 6.92 Å². The van der Waals surface area contributed by atoms with Gasteiger partial charge < -0.3 is 9.64 Å². The Kier molecular flexibility index (Phi) is 4.93. The van der Waals surface area contributed by atoms with Crippen LogP contribution < -0.4 is 4.90 Å². The molecule has 2 rings (SSSR count). The summed E-state index contributed by atoms with van der Waals surface area (Å²) in [6, 6.07) is 0. The molecule has 110 valence electrons. The van der Waals surface area contributed by atoms with Gasteiger partial charge >= 0.3 is 5.97 Å². The molecular weight excluding hydrogens is 254 g/mol. The molecule has 0 saturated carbocycles. The van der Waals surface area contributed by atoms with Crippen molar-refractivity contribution in [2.75, 3.05) is 25.1 Å². The summed E-state index contributed by atoms with van der Waals surface area (Å²) >= 11 is 0. The van der Waals surface area contributed by atoms with E-state index >= 15 is 0 Å². The number of nitrogens with zero attached hydrogens (tertiary/aromatic N) is 3. The molecular formula is C15H23N3O2.